The van der Waals surface area contributed by atoms with Crippen LogP contribution in [0.5, 0.6) is 0 Å². The Morgan fingerprint density at radius 2 is 1.95 bits per heavy atom. The Morgan fingerprint density at radius 1 is 1.20 bits per heavy atom. The van der Waals surface area contributed by atoms with Gasteiger partial charge in [-0.05, 0) is 43.3 Å². The molecule has 2 aromatic rings. The van der Waals surface area contributed by atoms with Gasteiger partial charge in [-0.15, -0.1) is 0 Å². The lowest BCUT2D eigenvalue weighted by molar-refractivity contribution is 0.304. The molecule has 0 amide bonds. The van der Waals surface area contributed by atoms with E-state index in [-0.39, 0.29) is 12.6 Å². The molecule has 0 aliphatic carbocycles. The second kappa shape index (κ2) is 6.91. The molecule has 0 aliphatic rings. The number of rotatable bonds is 6. The topological polar surface area (TPSA) is 48.4 Å². The predicted octanol–water partition coefficient (Wildman–Crippen LogP) is 2.68. The van der Waals surface area contributed by atoms with E-state index in [4.69, 9.17) is 5.11 Å². The lowest BCUT2D eigenvalue weighted by Gasteiger charge is -2.19. The van der Waals surface area contributed by atoms with Crippen molar-refractivity contribution in [1.29, 1.82) is 0 Å². The summed E-state index contributed by atoms with van der Waals surface area (Å²) in [6, 6.07) is 14.3. The van der Waals surface area contributed by atoms with E-state index in [0.29, 0.717) is 6.54 Å². The zero-order valence-corrected chi connectivity index (χ0v) is 12.0. The molecule has 1 unspecified atom stereocenters. The average molecular weight is 271 g/mol. The van der Waals surface area contributed by atoms with Gasteiger partial charge < -0.3 is 15.3 Å². The molecule has 0 aliphatic heterocycles. The predicted molar refractivity (Wildman–Crippen MR) is 83.1 cm³/mol. The lowest BCUT2D eigenvalue weighted by atomic mass is 10.2. The van der Waals surface area contributed by atoms with Crippen LogP contribution < -0.4 is 10.2 Å². The van der Waals surface area contributed by atoms with Crippen LogP contribution >= 0.6 is 0 Å². The first-order valence-corrected chi connectivity index (χ1v) is 6.80. The second-order valence-corrected chi connectivity index (χ2v) is 4.81. The Bertz CT molecular complexity index is 513. The molecule has 1 aromatic carbocycles. The van der Waals surface area contributed by atoms with Crippen molar-refractivity contribution in [3.05, 3.63) is 54.4 Å². The maximum Gasteiger partial charge on any atom is 0.0657 e. The minimum Gasteiger partial charge on any atom is -0.395 e. The number of hydrogen-bond donors (Lipinski definition) is 2. The van der Waals surface area contributed by atoms with E-state index in [0.717, 1.165) is 17.1 Å². The second-order valence-electron chi connectivity index (χ2n) is 4.81. The van der Waals surface area contributed by atoms with Gasteiger partial charge in [0.1, 0.15) is 0 Å². The van der Waals surface area contributed by atoms with Crippen LogP contribution in [0.15, 0.2) is 48.7 Å². The number of pyridine rings is 1. The molecule has 0 fully saturated rings. The minimum absolute atomic E-state index is 0.160. The number of aliphatic hydroxyl groups is 1. The number of hydrogen-bond acceptors (Lipinski definition) is 4. The van der Waals surface area contributed by atoms with Gasteiger partial charge in [0.15, 0.2) is 0 Å². The summed E-state index contributed by atoms with van der Waals surface area (Å²) in [4.78, 5) is 6.37. The van der Waals surface area contributed by atoms with Gasteiger partial charge in [-0.2, -0.15) is 0 Å². The third kappa shape index (κ3) is 3.71. The van der Waals surface area contributed by atoms with Gasteiger partial charge in [-0.25, -0.2) is 0 Å². The molecule has 2 N–H and O–H groups in total. The molecule has 20 heavy (non-hydrogen) atoms. The largest absolute Gasteiger partial charge is 0.395 e. The van der Waals surface area contributed by atoms with E-state index in [1.807, 2.05) is 54.4 Å². The standard InChI is InChI=1S/C16H21N3O/c1-13(16-5-3-4-10-17-16)18-14-6-8-15(9-7-14)19(2)11-12-20/h3-10,13,18,20H,11-12H2,1-2H3. The smallest absolute Gasteiger partial charge is 0.0657 e. The van der Waals surface area contributed by atoms with Crippen LogP contribution in [0.3, 0.4) is 0 Å². The van der Waals surface area contributed by atoms with Crippen LogP contribution in [0.1, 0.15) is 18.7 Å². The van der Waals surface area contributed by atoms with E-state index < -0.39 is 0 Å². The number of anilines is 2. The van der Waals surface area contributed by atoms with Gasteiger partial charge in [0.2, 0.25) is 0 Å². The van der Waals surface area contributed by atoms with E-state index >= 15 is 0 Å². The summed E-state index contributed by atoms with van der Waals surface area (Å²) in [5, 5.41) is 12.4. The number of nitrogens with one attached hydrogen (secondary N) is 1. The molecule has 1 heterocycles. The Morgan fingerprint density at radius 3 is 2.55 bits per heavy atom. The Labute approximate surface area is 120 Å². The summed E-state index contributed by atoms with van der Waals surface area (Å²) in [5.41, 5.74) is 3.17. The fourth-order valence-electron chi connectivity index (χ4n) is 2.05. The molecule has 106 valence electrons. The van der Waals surface area contributed by atoms with Crippen LogP contribution in [-0.2, 0) is 0 Å². The molecule has 0 saturated carbocycles. The maximum absolute atomic E-state index is 8.94. The fraction of sp³-hybridized carbons (Fsp3) is 0.312. The lowest BCUT2D eigenvalue weighted by Crippen LogP contribution is -2.20. The van der Waals surface area contributed by atoms with Gasteiger partial charge in [0.05, 0.1) is 18.3 Å². The number of likely N-dealkylation sites (N-methyl/N-ethyl adjacent to an activating group) is 1. The van der Waals surface area contributed by atoms with Crippen LogP contribution in [0, 0.1) is 0 Å². The number of aromatic nitrogens is 1. The Hall–Kier alpha value is -2.07. The summed E-state index contributed by atoms with van der Waals surface area (Å²) < 4.78 is 0. The fourth-order valence-corrected chi connectivity index (χ4v) is 2.05. The minimum atomic E-state index is 0.160. The quantitative estimate of drug-likeness (QED) is 0.848. The van der Waals surface area contributed by atoms with Gasteiger partial charge in [-0.3, -0.25) is 4.98 Å². The number of nitrogens with zero attached hydrogens (tertiary/aromatic N) is 2. The number of benzene rings is 1. The highest BCUT2D eigenvalue weighted by molar-refractivity contribution is 5.55. The van der Waals surface area contributed by atoms with Crippen LogP contribution in [0.4, 0.5) is 11.4 Å². The van der Waals surface area contributed by atoms with Gasteiger partial charge in [0.25, 0.3) is 0 Å². The molecule has 0 saturated heterocycles. The molecule has 4 nitrogen and oxygen atoms in total. The average Bonchev–Trinajstić information content (AvgIpc) is 2.49. The number of aliphatic hydroxyl groups excluding tert-OH is 1. The summed E-state index contributed by atoms with van der Waals surface area (Å²) >= 11 is 0. The third-order valence-electron chi connectivity index (χ3n) is 3.26. The van der Waals surface area contributed by atoms with Crippen LogP contribution in [-0.4, -0.2) is 30.3 Å². The zero-order chi connectivity index (χ0) is 14.4. The van der Waals surface area contributed by atoms with Crippen molar-refractivity contribution >= 4 is 11.4 Å². The van der Waals surface area contributed by atoms with Gasteiger partial charge >= 0.3 is 0 Å². The van der Waals surface area contributed by atoms with Crippen molar-refractivity contribution in [2.24, 2.45) is 0 Å². The van der Waals surface area contributed by atoms with E-state index in [1.54, 1.807) is 6.20 Å². The normalized spacial score (nSPS) is 11.9. The van der Waals surface area contributed by atoms with Crippen molar-refractivity contribution in [3.8, 4) is 0 Å². The monoisotopic (exact) mass is 271 g/mol. The molecule has 2 rings (SSSR count). The first-order chi connectivity index (χ1) is 9.70. The van der Waals surface area contributed by atoms with Crippen molar-refractivity contribution in [3.63, 3.8) is 0 Å². The molecule has 0 spiro atoms. The summed E-state index contributed by atoms with van der Waals surface area (Å²) in [6.07, 6.45) is 1.81. The Kier molecular flexibility index (Phi) is 4.96. The Balaban J connectivity index is 2.00. The molecule has 0 bridgehead atoms. The van der Waals surface area contributed by atoms with E-state index in [9.17, 15) is 0 Å². The van der Waals surface area contributed by atoms with Gasteiger partial charge in [-0.1, -0.05) is 6.07 Å². The highest BCUT2D eigenvalue weighted by atomic mass is 16.3. The van der Waals surface area contributed by atoms with Crippen molar-refractivity contribution < 1.29 is 5.11 Å². The maximum atomic E-state index is 8.94. The summed E-state index contributed by atoms with van der Waals surface area (Å²) in [7, 11) is 1.97. The molecular weight excluding hydrogens is 250 g/mol. The molecule has 1 aromatic heterocycles. The molecular formula is C16H21N3O. The zero-order valence-electron chi connectivity index (χ0n) is 12.0. The van der Waals surface area contributed by atoms with E-state index in [2.05, 4.69) is 17.2 Å². The summed E-state index contributed by atoms with van der Waals surface area (Å²) in [6.45, 7) is 2.89. The highest BCUT2D eigenvalue weighted by Crippen LogP contribution is 2.20. The van der Waals surface area contributed by atoms with Gasteiger partial charge in [0, 0.05) is 31.2 Å². The molecule has 1 atom stereocenters. The first-order valence-electron chi connectivity index (χ1n) is 6.80. The third-order valence-corrected chi connectivity index (χ3v) is 3.26. The van der Waals surface area contributed by atoms with E-state index in [1.165, 1.54) is 0 Å². The van der Waals surface area contributed by atoms with Crippen LogP contribution in [0.25, 0.3) is 0 Å². The van der Waals surface area contributed by atoms with Crippen molar-refractivity contribution in [2.45, 2.75) is 13.0 Å². The molecule has 4 heteroatoms. The van der Waals surface area contributed by atoms with Crippen molar-refractivity contribution in [2.75, 3.05) is 30.4 Å². The van der Waals surface area contributed by atoms with Crippen LogP contribution in [0.2, 0.25) is 0 Å². The SMILES string of the molecule is CC(Nc1ccc(N(C)CCO)cc1)c1ccccn1. The van der Waals surface area contributed by atoms with Crippen molar-refractivity contribution in [1.82, 2.24) is 4.98 Å². The highest BCUT2D eigenvalue weighted by Gasteiger charge is 2.06. The molecule has 0 radical (unpaired) electrons. The first kappa shape index (κ1) is 14.3. The summed E-state index contributed by atoms with van der Waals surface area (Å²) in [5.74, 6) is 0.